The first-order valence-electron chi connectivity index (χ1n) is 4.76. The molecule has 0 aliphatic carbocycles. The van der Waals surface area contributed by atoms with E-state index < -0.39 is 0 Å². The van der Waals surface area contributed by atoms with E-state index >= 15 is 0 Å². The largest absolute Gasteiger partial charge is 0.493 e. The van der Waals surface area contributed by atoms with Crippen LogP contribution in [0.3, 0.4) is 0 Å². The van der Waals surface area contributed by atoms with Crippen molar-refractivity contribution >= 4 is 17.6 Å². The third-order valence-electron chi connectivity index (χ3n) is 1.87. The van der Waals surface area contributed by atoms with Gasteiger partial charge in [0.05, 0.1) is 12.4 Å². The standard InChI is InChI=1S/C11H16N2OS/c1-15-7-6-14-10-4-2-9(3-5-10)8-11(12)13/h2-5H,6-8H2,1H3,(H3,12,13). The van der Waals surface area contributed by atoms with Gasteiger partial charge in [0.2, 0.25) is 0 Å². The van der Waals surface area contributed by atoms with Gasteiger partial charge in [0.1, 0.15) is 5.75 Å². The SMILES string of the molecule is CSCCOc1ccc(CC(=N)N)cc1. The molecule has 0 saturated heterocycles. The molecule has 0 unspecified atom stereocenters. The average Bonchev–Trinajstić information content (AvgIpc) is 2.20. The summed E-state index contributed by atoms with van der Waals surface area (Å²) in [6.07, 6.45) is 2.56. The normalized spacial score (nSPS) is 9.93. The number of hydrogen-bond acceptors (Lipinski definition) is 3. The lowest BCUT2D eigenvalue weighted by Gasteiger charge is -2.05. The number of ether oxygens (including phenoxy) is 1. The lowest BCUT2D eigenvalue weighted by molar-refractivity contribution is 0.344. The van der Waals surface area contributed by atoms with Crippen molar-refractivity contribution in [1.29, 1.82) is 5.41 Å². The van der Waals surface area contributed by atoms with Gasteiger partial charge < -0.3 is 10.5 Å². The summed E-state index contributed by atoms with van der Waals surface area (Å²) in [5, 5.41) is 7.17. The fraction of sp³-hybridized carbons (Fsp3) is 0.364. The molecular weight excluding hydrogens is 208 g/mol. The molecule has 3 N–H and O–H groups in total. The second-order valence-electron chi connectivity index (χ2n) is 3.19. The summed E-state index contributed by atoms with van der Waals surface area (Å²) in [4.78, 5) is 0. The Hall–Kier alpha value is -1.16. The molecular formula is C11H16N2OS. The van der Waals surface area contributed by atoms with Crippen LogP contribution in [0, 0.1) is 5.41 Å². The van der Waals surface area contributed by atoms with Gasteiger partial charge in [-0.15, -0.1) is 0 Å². The molecule has 0 saturated carbocycles. The molecule has 0 atom stereocenters. The van der Waals surface area contributed by atoms with E-state index in [1.54, 1.807) is 11.8 Å². The van der Waals surface area contributed by atoms with Crippen molar-refractivity contribution in [3.63, 3.8) is 0 Å². The Morgan fingerprint density at radius 3 is 2.60 bits per heavy atom. The van der Waals surface area contributed by atoms with Crippen LogP contribution in [0.4, 0.5) is 0 Å². The summed E-state index contributed by atoms with van der Waals surface area (Å²) in [6, 6.07) is 7.71. The molecule has 0 aliphatic rings. The van der Waals surface area contributed by atoms with Crippen LogP contribution in [0.15, 0.2) is 24.3 Å². The van der Waals surface area contributed by atoms with Gasteiger partial charge in [-0.3, -0.25) is 5.41 Å². The molecule has 4 heteroatoms. The van der Waals surface area contributed by atoms with Crippen LogP contribution in [0.1, 0.15) is 5.56 Å². The third-order valence-corrected chi connectivity index (χ3v) is 2.45. The fourth-order valence-corrected chi connectivity index (χ4v) is 1.42. The zero-order chi connectivity index (χ0) is 11.1. The Kier molecular flexibility index (Phi) is 5.04. The highest BCUT2D eigenvalue weighted by Crippen LogP contribution is 2.12. The smallest absolute Gasteiger partial charge is 0.119 e. The molecule has 3 nitrogen and oxygen atoms in total. The quantitative estimate of drug-likeness (QED) is 0.441. The molecule has 0 heterocycles. The Balaban J connectivity index is 2.45. The molecule has 1 rings (SSSR count). The number of amidine groups is 1. The first kappa shape index (κ1) is 11.9. The van der Waals surface area contributed by atoms with E-state index in [2.05, 4.69) is 6.26 Å². The van der Waals surface area contributed by atoms with Crippen molar-refractivity contribution in [2.45, 2.75) is 6.42 Å². The molecule has 0 spiro atoms. The molecule has 1 aromatic rings. The number of benzene rings is 1. The van der Waals surface area contributed by atoms with Crippen molar-refractivity contribution in [2.24, 2.45) is 5.73 Å². The topological polar surface area (TPSA) is 59.1 Å². The second-order valence-corrected chi connectivity index (χ2v) is 4.17. The number of hydrogen-bond donors (Lipinski definition) is 2. The lowest BCUT2D eigenvalue weighted by atomic mass is 10.1. The van der Waals surface area contributed by atoms with Gasteiger partial charge in [-0.05, 0) is 24.0 Å². The van der Waals surface area contributed by atoms with Crippen LogP contribution in [0.25, 0.3) is 0 Å². The Bertz CT molecular complexity index is 311. The maximum Gasteiger partial charge on any atom is 0.119 e. The fourth-order valence-electron chi connectivity index (χ4n) is 1.17. The summed E-state index contributed by atoms with van der Waals surface area (Å²) in [5.41, 5.74) is 6.35. The van der Waals surface area contributed by atoms with Gasteiger partial charge in [0.25, 0.3) is 0 Å². The van der Waals surface area contributed by atoms with Crippen molar-refractivity contribution in [3.05, 3.63) is 29.8 Å². The van der Waals surface area contributed by atoms with Crippen LogP contribution >= 0.6 is 11.8 Å². The zero-order valence-electron chi connectivity index (χ0n) is 8.82. The third kappa shape index (κ3) is 4.74. The second kappa shape index (κ2) is 6.35. The highest BCUT2D eigenvalue weighted by Gasteiger charge is 1.97. The van der Waals surface area contributed by atoms with Crippen LogP contribution in [-0.4, -0.2) is 24.5 Å². The van der Waals surface area contributed by atoms with E-state index in [1.165, 1.54) is 0 Å². The van der Waals surface area contributed by atoms with Gasteiger partial charge >= 0.3 is 0 Å². The Morgan fingerprint density at radius 2 is 2.07 bits per heavy atom. The number of nitrogens with two attached hydrogens (primary N) is 1. The average molecular weight is 224 g/mol. The van der Waals surface area contributed by atoms with Crippen LogP contribution in [0.5, 0.6) is 5.75 Å². The molecule has 15 heavy (non-hydrogen) atoms. The summed E-state index contributed by atoms with van der Waals surface area (Å²) < 4.78 is 5.50. The van der Waals surface area contributed by atoms with E-state index in [9.17, 15) is 0 Å². The number of thioether (sulfide) groups is 1. The van der Waals surface area contributed by atoms with E-state index in [1.807, 2.05) is 24.3 Å². The van der Waals surface area contributed by atoms with E-state index in [0.717, 1.165) is 23.7 Å². The van der Waals surface area contributed by atoms with Gasteiger partial charge in [-0.2, -0.15) is 11.8 Å². The Morgan fingerprint density at radius 1 is 1.40 bits per heavy atom. The first-order chi connectivity index (χ1) is 7.22. The molecule has 0 aliphatic heterocycles. The lowest BCUT2D eigenvalue weighted by Crippen LogP contribution is -2.12. The summed E-state index contributed by atoms with van der Waals surface area (Å²) in [7, 11) is 0. The first-order valence-corrected chi connectivity index (χ1v) is 6.15. The monoisotopic (exact) mass is 224 g/mol. The van der Waals surface area contributed by atoms with Crippen LogP contribution in [0.2, 0.25) is 0 Å². The van der Waals surface area contributed by atoms with Crippen LogP contribution < -0.4 is 10.5 Å². The van der Waals surface area contributed by atoms with E-state index in [-0.39, 0.29) is 5.84 Å². The number of nitrogens with one attached hydrogen (secondary N) is 1. The van der Waals surface area contributed by atoms with Gasteiger partial charge in [0, 0.05) is 12.2 Å². The van der Waals surface area contributed by atoms with Crippen molar-refractivity contribution in [3.8, 4) is 5.75 Å². The molecule has 0 fully saturated rings. The van der Waals surface area contributed by atoms with Gasteiger partial charge in [-0.1, -0.05) is 12.1 Å². The van der Waals surface area contributed by atoms with Gasteiger partial charge in [-0.25, -0.2) is 0 Å². The predicted octanol–water partition coefficient (Wildman–Crippen LogP) is 1.91. The molecule has 0 aromatic heterocycles. The molecule has 82 valence electrons. The molecule has 0 amide bonds. The minimum absolute atomic E-state index is 0.186. The zero-order valence-corrected chi connectivity index (χ0v) is 9.64. The molecule has 0 radical (unpaired) electrons. The van der Waals surface area contributed by atoms with Gasteiger partial charge in [0.15, 0.2) is 0 Å². The van der Waals surface area contributed by atoms with Crippen molar-refractivity contribution < 1.29 is 4.74 Å². The predicted molar refractivity (Wildman–Crippen MR) is 65.9 cm³/mol. The summed E-state index contributed by atoms with van der Waals surface area (Å²) in [6.45, 7) is 0.729. The maximum atomic E-state index is 7.17. The number of rotatable bonds is 6. The van der Waals surface area contributed by atoms with Crippen molar-refractivity contribution in [1.82, 2.24) is 0 Å². The maximum absolute atomic E-state index is 7.17. The highest BCUT2D eigenvalue weighted by atomic mass is 32.2. The highest BCUT2D eigenvalue weighted by molar-refractivity contribution is 7.98. The van der Waals surface area contributed by atoms with E-state index in [4.69, 9.17) is 15.9 Å². The molecule has 0 bridgehead atoms. The summed E-state index contributed by atoms with van der Waals surface area (Å²) in [5.74, 6) is 2.05. The minimum Gasteiger partial charge on any atom is -0.493 e. The molecule has 1 aromatic carbocycles. The minimum atomic E-state index is 0.186. The Labute approximate surface area is 94.5 Å². The summed E-state index contributed by atoms with van der Waals surface area (Å²) >= 11 is 1.76. The van der Waals surface area contributed by atoms with E-state index in [0.29, 0.717) is 6.42 Å². The van der Waals surface area contributed by atoms with Crippen LogP contribution in [-0.2, 0) is 6.42 Å². The van der Waals surface area contributed by atoms with Crippen molar-refractivity contribution in [2.75, 3.05) is 18.6 Å².